The summed E-state index contributed by atoms with van der Waals surface area (Å²) in [6.45, 7) is 3.29. The topological polar surface area (TPSA) is 78.3 Å². The molecule has 7 nitrogen and oxygen atoms in total. The molecule has 4 rings (SSSR count). The third kappa shape index (κ3) is 3.40. The first-order valence-electron chi connectivity index (χ1n) is 8.64. The van der Waals surface area contributed by atoms with Crippen molar-refractivity contribution in [2.24, 2.45) is 0 Å². The second-order valence-corrected chi connectivity index (χ2v) is 7.39. The predicted molar refractivity (Wildman–Crippen MR) is 100 cm³/mol. The van der Waals surface area contributed by atoms with Crippen LogP contribution in [0, 0.1) is 12.7 Å². The molecule has 3 heterocycles. The monoisotopic (exact) mass is 390 g/mol. The van der Waals surface area contributed by atoms with E-state index >= 15 is 0 Å². The number of fused-ring (bicyclic) bond motifs is 1. The van der Waals surface area contributed by atoms with Crippen molar-refractivity contribution in [1.82, 2.24) is 14.8 Å². The van der Waals surface area contributed by atoms with Crippen LogP contribution in [-0.2, 0) is 4.74 Å². The van der Waals surface area contributed by atoms with Crippen molar-refractivity contribution in [2.75, 3.05) is 25.6 Å². The average Bonchev–Trinajstić information content (AvgIpc) is 3.24. The Labute approximate surface area is 159 Å². The zero-order valence-corrected chi connectivity index (χ0v) is 15.8. The summed E-state index contributed by atoms with van der Waals surface area (Å²) in [6.07, 6.45) is 3.34. The molecule has 2 aromatic heterocycles. The van der Waals surface area contributed by atoms with E-state index in [1.807, 2.05) is 11.6 Å². The number of thiazole rings is 1. The molecule has 9 heteroatoms. The minimum Gasteiger partial charge on any atom is -0.494 e. The normalized spacial score (nSPS) is 15.2. The van der Waals surface area contributed by atoms with Crippen LogP contribution in [0.4, 0.5) is 9.52 Å². The van der Waals surface area contributed by atoms with Gasteiger partial charge in [-0.25, -0.2) is 9.37 Å². The van der Waals surface area contributed by atoms with Gasteiger partial charge in [-0.15, -0.1) is 0 Å². The number of rotatable bonds is 4. The number of benzene rings is 1. The first-order chi connectivity index (χ1) is 13.1. The van der Waals surface area contributed by atoms with Crippen molar-refractivity contribution in [1.29, 1.82) is 0 Å². The van der Waals surface area contributed by atoms with Crippen molar-refractivity contribution >= 4 is 32.6 Å². The first kappa shape index (κ1) is 17.9. The van der Waals surface area contributed by atoms with E-state index in [1.165, 1.54) is 30.6 Å². The fourth-order valence-electron chi connectivity index (χ4n) is 3.28. The Bertz CT molecular complexity index is 994. The van der Waals surface area contributed by atoms with E-state index in [0.29, 0.717) is 39.9 Å². The van der Waals surface area contributed by atoms with Gasteiger partial charge in [-0.1, -0.05) is 11.3 Å². The summed E-state index contributed by atoms with van der Waals surface area (Å²) in [4.78, 5) is 17.1. The Morgan fingerprint density at radius 1 is 1.41 bits per heavy atom. The maximum Gasteiger partial charge on any atom is 0.260 e. The molecule has 0 saturated carbocycles. The van der Waals surface area contributed by atoms with Gasteiger partial charge in [-0.3, -0.25) is 14.8 Å². The minimum atomic E-state index is -0.408. The summed E-state index contributed by atoms with van der Waals surface area (Å²) in [6, 6.07) is 2.89. The number of halogens is 1. The van der Waals surface area contributed by atoms with E-state index in [4.69, 9.17) is 9.47 Å². The predicted octanol–water partition coefficient (Wildman–Crippen LogP) is 3.55. The lowest BCUT2D eigenvalue weighted by molar-refractivity contribution is 0.0656. The molecule has 0 aliphatic carbocycles. The molecule has 0 atom stereocenters. The molecule has 27 heavy (non-hydrogen) atoms. The van der Waals surface area contributed by atoms with E-state index in [1.54, 1.807) is 6.20 Å². The molecule has 0 spiro atoms. The van der Waals surface area contributed by atoms with E-state index < -0.39 is 5.82 Å². The highest BCUT2D eigenvalue weighted by atomic mass is 32.1. The number of ether oxygens (including phenoxy) is 2. The van der Waals surface area contributed by atoms with Crippen molar-refractivity contribution in [3.63, 3.8) is 0 Å². The summed E-state index contributed by atoms with van der Waals surface area (Å²) < 4.78 is 26.7. The molecule has 1 aliphatic heterocycles. The summed E-state index contributed by atoms with van der Waals surface area (Å²) in [7, 11) is 1.46. The van der Waals surface area contributed by atoms with Gasteiger partial charge in [-0.05, 0) is 25.8 Å². The van der Waals surface area contributed by atoms with Crippen LogP contribution in [0.25, 0.3) is 10.2 Å². The Morgan fingerprint density at radius 2 is 2.19 bits per heavy atom. The Morgan fingerprint density at radius 3 is 2.93 bits per heavy atom. The Balaban J connectivity index is 1.57. The standard InChI is InChI=1S/C18H19FN4O3S/c1-10-13(9-20-23(10)12-3-5-26-6-4-12)17(24)22-18-21-16-14(25-2)7-11(19)8-15(16)27-18/h7-9,12H,3-6H2,1-2H3,(H,21,22,24). The fourth-order valence-corrected chi connectivity index (χ4v) is 4.19. The third-order valence-corrected chi connectivity index (χ3v) is 5.61. The molecule has 0 unspecified atom stereocenters. The molecule has 142 valence electrons. The molecular formula is C18H19FN4O3S. The summed E-state index contributed by atoms with van der Waals surface area (Å²) >= 11 is 1.20. The lowest BCUT2D eigenvalue weighted by Gasteiger charge is -2.23. The largest absolute Gasteiger partial charge is 0.494 e. The van der Waals surface area contributed by atoms with Crippen LogP contribution in [0.15, 0.2) is 18.3 Å². The first-order valence-corrected chi connectivity index (χ1v) is 9.45. The van der Waals surface area contributed by atoms with Gasteiger partial charge in [0.2, 0.25) is 0 Å². The fraction of sp³-hybridized carbons (Fsp3) is 0.389. The Kier molecular flexibility index (Phi) is 4.79. The van der Waals surface area contributed by atoms with Crippen LogP contribution >= 0.6 is 11.3 Å². The number of aromatic nitrogens is 3. The SMILES string of the molecule is COc1cc(F)cc2sc(NC(=O)c3cnn(C4CCOCC4)c3C)nc12. The van der Waals surface area contributed by atoms with Gasteiger partial charge in [0.1, 0.15) is 17.1 Å². The van der Waals surface area contributed by atoms with Crippen molar-refractivity contribution in [3.05, 3.63) is 35.4 Å². The Hall–Kier alpha value is -2.52. The molecule has 1 N–H and O–H groups in total. The molecule has 1 fully saturated rings. The summed E-state index contributed by atoms with van der Waals surface area (Å²) in [5.74, 6) is -0.357. The van der Waals surface area contributed by atoms with Gasteiger partial charge >= 0.3 is 0 Å². The van der Waals surface area contributed by atoms with Crippen molar-refractivity contribution in [3.8, 4) is 5.75 Å². The van der Waals surface area contributed by atoms with Crippen LogP contribution < -0.4 is 10.1 Å². The van der Waals surface area contributed by atoms with Crippen LogP contribution in [0.2, 0.25) is 0 Å². The van der Waals surface area contributed by atoms with Crippen LogP contribution in [-0.4, -0.2) is 41.0 Å². The quantitative estimate of drug-likeness (QED) is 0.737. The van der Waals surface area contributed by atoms with Crippen molar-refractivity contribution < 1.29 is 18.7 Å². The third-order valence-electron chi connectivity index (χ3n) is 4.69. The molecule has 1 amide bonds. The smallest absolute Gasteiger partial charge is 0.260 e. The number of nitrogens with one attached hydrogen (secondary N) is 1. The van der Waals surface area contributed by atoms with Gasteiger partial charge in [0, 0.05) is 25.0 Å². The second kappa shape index (κ2) is 7.24. The lowest BCUT2D eigenvalue weighted by Crippen LogP contribution is -2.22. The second-order valence-electron chi connectivity index (χ2n) is 6.36. The van der Waals surface area contributed by atoms with Gasteiger partial charge in [0.25, 0.3) is 5.91 Å². The number of amides is 1. The molecule has 1 aliphatic rings. The van der Waals surface area contributed by atoms with Crippen LogP contribution in [0.1, 0.15) is 34.9 Å². The molecule has 0 bridgehead atoms. The van der Waals surface area contributed by atoms with Gasteiger partial charge in [0.15, 0.2) is 5.13 Å². The van der Waals surface area contributed by atoms with Gasteiger partial charge in [0.05, 0.1) is 29.6 Å². The van der Waals surface area contributed by atoms with Crippen molar-refractivity contribution in [2.45, 2.75) is 25.8 Å². The van der Waals surface area contributed by atoms with E-state index in [-0.39, 0.29) is 11.9 Å². The zero-order valence-electron chi connectivity index (χ0n) is 15.0. The minimum absolute atomic E-state index is 0.245. The molecule has 0 radical (unpaired) electrons. The zero-order chi connectivity index (χ0) is 19.0. The number of anilines is 1. The van der Waals surface area contributed by atoms with Gasteiger partial charge < -0.3 is 9.47 Å². The number of hydrogen-bond acceptors (Lipinski definition) is 6. The van der Waals surface area contributed by atoms with E-state index in [9.17, 15) is 9.18 Å². The van der Waals surface area contributed by atoms with E-state index in [0.717, 1.165) is 18.5 Å². The number of carbonyl (C=O) groups excluding carboxylic acids is 1. The number of methoxy groups -OCH3 is 1. The van der Waals surface area contributed by atoms with Crippen LogP contribution in [0.5, 0.6) is 5.75 Å². The van der Waals surface area contributed by atoms with Crippen LogP contribution in [0.3, 0.4) is 0 Å². The van der Waals surface area contributed by atoms with Gasteiger partial charge in [-0.2, -0.15) is 5.10 Å². The molecule has 1 saturated heterocycles. The number of hydrogen-bond donors (Lipinski definition) is 1. The average molecular weight is 390 g/mol. The maximum atomic E-state index is 13.6. The number of nitrogens with zero attached hydrogens (tertiary/aromatic N) is 3. The summed E-state index contributed by atoms with van der Waals surface area (Å²) in [5.41, 5.74) is 1.83. The highest BCUT2D eigenvalue weighted by molar-refractivity contribution is 7.22. The molecular weight excluding hydrogens is 371 g/mol. The van der Waals surface area contributed by atoms with E-state index in [2.05, 4.69) is 15.4 Å². The summed E-state index contributed by atoms with van der Waals surface area (Å²) in [5, 5.41) is 7.57. The highest BCUT2D eigenvalue weighted by Gasteiger charge is 2.22. The lowest BCUT2D eigenvalue weighted by atomic mass is 10.1. The number of carbonyl (C=O) groups is 1. The molecule has 1 aromatic carbocycles. The molecule has 3 aromatic rings. The maximum absolute atomic E-state index is 13.6. The highest BCUT2D eigenvalue weighted by Crippen LogP contribution is 2.33.